The lowest BCUT2D eigenvalue weighted by molar-refractivity contribution is -0.114. The van der Waals surface area contributed by atoms with Crippen LogP contribution in [0.3, 0.4) is 0 Å². The first-order chi connectivity index (χ1) is 11.5. The molecule has 0 aliphatic heterocycles. The molecule has 0 radical (unpaired) electrons. The average molecular weight is 369 g/mol. The number of nitrogens with one attached hydrogen (secondary N) is 1. The number of nitrogens with zero attached hydrogens (tertiary/aromatic N) is 2. The third kappa shape index (κ3) is 3.54. The molecule has 1 saturated carbocycles. The predicted octanol–water partition coefficient (Wildman–Crippen LogP) is 2.47. The van der Waals surface area contributed by atoms with E-state index in [9.17, 15) is 4.79 Å². The Kier molecular flexibility index (Phi) is 5.54. The molecule has 3 N–H and O–H groups in total. The number of ether oxygens (including phenoxy) is 2. The number of carbonyl (C=O) groups is 1. The number of aromatic nitrogens is 2. The Labute approximate surface area is 151 Å². The van der Waals surface area contributed by atoms with Crippen LogP contribution in [0.15, 0.2) is 16.7 Å². The van der Waals surface area contributed by atoms with Crippen molar-refractivity contribution in [2.45, 2.75) is 31.7 Å². The monoisotopic (exact) mass is 368 g/mol. The van der Waals surface area contributed by atoms with Gasteiger partial charge in [-0.3, -0.25) is 4.79 Å². The number of carbonyl (C=O) groups excluding carboxylic acids is 1. The third-order valence-corrected chi connectivity index (χ3v) is 4.15. The maximum atomic E-state index is 11.4. The van der Waals surface area contributed by atoms with E-state index in [1.807, 2.05) is 0 Å². The fourth-order valence-electron chi connectivity index (χ4n) is 2.69. The van der Waals surface area contributed by atoms with Crippen molar-refractivity contribution in [3.05, 3.63) is 18.0 Å². The van der Waals surface area contributed by atoms with Crippen molar-refractivity contribution >= 4 is 24.0 Å². The number of benzene rings is 1. The minimum Gasteiger partial charge on any atom is -0.493 e. The molecule has 1 aromatic carbocycles. The molecule has 1 aliphatic rings. The summed E-state index contributed by atoms with van der Waals surface area (Å²) in [5, 5.41) is 6.71. The van der Waals surface area contributed by atoms with Gasteiger partial charge in [-0.25, -0.2) is 0 Å². The highest BCUT2D eigenvalue weighted by Crippen LogP contribution is 2.41. The Bertz CT molecular complexity index is 773. The molecule has 1 aromatic heterocycles. The lowest BCUT2D eigenvalue weighted by atomic mass is 9.77. The van der Waals surface area contributed by atoms with Gasteiger partial charge in [0, 0.05) is 12.5 Å². The number of methoxy groups -OCH3 is 2. The molecule has 9 heteroatoms. The zero-order chi connectivity index (χ0) is 17.3. The van der Waals surface area contributed by atoms with Crippen molar-refractivity contribution in [3.8, 4) is 23.0 Å². The highest BCUT2D eigenvalue weighted by atomic mass is 35.5. The molecule has 1 amide bonds. The fraction of sp³-hybridized carbons (Fsp3) is 0.438. The molecule has 0 spiro atoms. The summed E-state index contributed by atoms with van der Waals surface area (Å²) in [6.07, 6.45) is 2.74. The fourth-order valence-corrected chi connectivity index (χ4v) is 2.69. The largest absolute Gasteiger partial charge is 0.493 e. The minimum atomic E-state index is -0.501. The lowest BCUT2D eigenvalue weighted by Crippen LogP contribution is -2.44. The SMILES string of the molecule is COc1cc(-c2nc(C3(N)CCC3)no2)cc(NC(C)=O)c1OC.Cl. The summed E-state index contributed by atoms with van der Waals surface area (Å²) in [4.78, 5) is 15.8. The lowest BCUT2D eigenvalue weighted by Gasteiger charge is -2.34. The van der Waals surface area contributed by atoms with E-state index in [1.54, 1.807) is 12.1 Å². The average Bonchev–Trinajstić information content (AvgIpc) is 3.01. The molecule has 0 saturated heterocycles. The van der Waals surface area contributed by atoms with Crippen LogP contribution in [0.4, 0.5) is 5.69 Å². The van der Waals surface area contributed by atoms with Crippen LogP contribution in [0, 0.1) is 0 Å². The van der Waals surface area contributed by atoms with Gasteiger partial charge >= 0.3 is 0 Å². The van der Waals surface area contributed by atoms with E-state index in [2.05, 4.69) is 15.5 Å². The van der Waals surface area contributed by atoms with Crippen molar-refractivity contribution in [2.75, 3.05) is 19.5 Å². The van der Waals surface area contributed by atoms with Gasteiger partial charge in [0.05, 0.1) is 25.4 Å². The Morgan fingerprint density at radius 2 is 2.04 bits per heavy atom. The van der Waals surface area contributed by atoms with Gasteiger partial charge in [-0.15, -0.1) is 12.4 Å². The zero-order valence-electron chi connectivity index (χ0n) is 14.3. The number of halogens is 1. The van der Waals surface area contributed by atoms with Gasteiger partial charge in [-0.2, -0.15) is 4.98 Å². The molecule has 1 fully saturated rings. The summed E-state index contributed by atoms with van der Waals surface area (Å²) in [7, 11) is 3.02. The highest BCUT2D eigenvalue weighted by Gasteiger charge is 2.39. The second-order valence-electron chi connectivity index (χ2n) is 5.87. The smallest absolute Gasteiger partial charge is 0.258 e. The van der Waals surface area contributed by atoms with Crippen LogP contribution < -0.4 is 20.5 Å². The Morgan fingerprint density at radius 3 is 2.56 bits per heavy atom. The Morgan fingerprint density at radius 1 is 1.32 bits per heavy atom. The molecule has 136 valence electrons. The number of hydrogen-bond donors (Lipinski definition) is 2. The standard InChI is InChI=1S/C16H20N4O4.ClH/c1-9(21)18-11-7-10(8-12(22-2)13(11)23-3)14-19-15(20-24-14)16(17)5-4-6-16;/h7-8H,4-6,17H2,1-3H3,(H,18,21);1H. The predicted molar refractivity (Wildman–Crippen MR) is 94.1 cm³/mol. The van der Waals surface area contributed by atoms with E-state index < -0.39 is 5.54 Å². The second-order valence-corrected chi connectivity index (χ2v) is 5.87. The number of hydrogen-bond acceptors (Lipinski definition) is 7. The van der Waals surface area contributed by atoms with E-state index >= 15 is 0 Å². The van der Waals surface area contributed by atoms with Gasteiger partial charge in [0.1, 0.15) is 0 Å². The van der Waals surface area contributed by atoms with Gasteiger partial charge in [0.2, 0.25) is 5.91 Å². The van der Waals surface area contributed by atoms with E-state index in [0.29, 0.717) is 34.5 Å². The van der Waals surface area contributed by atoms with Gasteiger partial charge in [0.15, 0.2) is 17.3 Å². The van der Waals surface area contributed by atoms with E-state index in [-0.39, 0.29) is 18.3 Å². The van der Waals surface area contributed by atoms with Crippen LogP contribution in [0.25, 0.3) is 11.5 Å². The van der Waals surface area contributed by atoms with Crippen LogP contribution in [0.2, 0.25) is 0 Å². The van der Waals surface area contributed by atoms with Crippen LogP contribution in [-0.4, -0.2) is 30.3 Å². The molecule has 8 nitrogen and oxygen atoms in total. The van der Waals surface area contributed by atoms with Gasteiger partial charge in [-0.05, 0) is 31.4 Å². The first-order valence-corrected chi connectivity index (χ1v) is 7.64. The molecule has 0 unspecified atom stereocenters. The summed E-state index contributed by atoms with van der Waals surface area (Å²) in [5.41, 5.74) is 6.80. The minimum absolute atomic E-state index is 0. The van der Waals surface area contributed by atoms with Crippen molar-refractivity contribution in [1.29, 1.82) is 0 Å². The second kappa shape index (κ2) is 7.28. The summed E-state index contributed by atoms with van der Waals surface area (Å²) in [6.45, 7) is 1.41. The number of rotatable bonds is 5. The molecule has 0 atom stereocenters. The summed E-state index contributed by atoms with van der Waals surface area (Å²) < 4.78 is 16.0. The third-order valence-electron chi connectivity index (χ3n) is 4.15. The molecule has 2 aromatic rings. The maximum absolute atomic E-state index is 11.4. The first-order valence-electron chi connectivity index (χ1n) is 7.64. The van der Waals surface area contributed by atoms with Crippen LogP contribution >= 0.6 is 12.4 Å². The van der Waals surface area contributed by atoms with Crippen molar-refractivity contribution in [3.63, 3.8) is 0 Å². The van der Waals surface area contributed by atoms with Crippen molar-refractivity contribution in [2.24, 2.45) is 5.73 Å². The normalized spacial score (nSPS) is 14.9. The van der Waals surface area contributed by atoms with Gasteiger partial charge < -0.3 is 25.0 Å². The zero-order valence-corrected chi connectivity index (χ0v) is 15.1. The molecular weight excluding hydrogens is 348 g/mol. The number of nitrogens with two attached hydrogens (primary N) is 1. The highest BCUT2D eigenvalue weighted by molar-refractivity contribution is 5.92. The Balaban J connectivity index is 0.00000225. The van der Waals surface area contributed by atoms with Crippen molar-refractivity contribution in [1.82, 2.24) is 10.1 Å². The number of anilines is 1. The van der Waals surface area contributed by atoms with Crippen LogP contribution in [0.5, 0.6) is 11.5 Å². The summed E-state index contributed by atoms with van der Waals surface area (Å²) in [5.74, 6) is 1.46. The first kappa shape index (κ1) is 19.0. The van der Waals surface area contributed by atoms with Gasteiger partial charge in [-0.1, -0.05) is 5.16 Å². The molecule has 1 aliphatic carbocycles. The number of amides is 1. The molecular formula is C16H21ClN4O4. The van der Waals surface area contributed by atoms with E-state index in [1.165, 1.54) is 21.1 Å². The van der Waals surface area contributed by atoms with E-state index in [4.69, 9.17) is 19.7 Å². The van der Waals surface area contributed by atoms with E-state index in [0.717, 1.165) is 19.3 Å². The topological polar surface area (TPSA) is 113 Å². The molecule has 25 heavy (non-hydrogen) atoms. The van der Waals surface area contributed by atoms with Crippen molar-refractivity contribution < 1.29 is 18.8 Å². The van der Waals surface area contributed by atoms with Crippen LogP contribution in [0.1, 0.15) is 32.0 Å². The maximum Gasteiger partial charge on any atom is 0.258 e. The summed E-state index contributed by atoms with van der Waals surface area (Å²) >= 11 is 0. The quantitative estimate of drug-likeness (QED) is 0.833. The molecule has 0 bridgehead atoms. The molecule has 1 heterocycles. The van der Waals surface area contributed by atoms with Crippen LogP contribution in [-0.2, 0) is 10.3 Å². The van der Waals surface area contributed by atoms with Gasteiger partial charge in [0.25, 0.3) is 5.89 Å². The molecule has 3 rings (SSSR count). The summed E-state index contributed by atoms with van der Waals surface area (Å²) in [6, 6.07) is 3.41. The Hall–Kier alpha value is -2.32.